The molecule has 0 saturated heterocycles. The van der Waals surface area contributed by atoms with Gasteiger partial charge in [0.1, 0.15) is 0 Å². The summed E-state index contributed by atoms with van der Waals surface area (Å²) in [6, 6.07) is 3.26. The maximum atomic E-state index is 5.04. The predicted octanol–water partition coefficient (Wildman–Crippen LogP) is 0.984. The van der Waals surface area contributed by atoms with Gasteiger partial charge in [-0.05, 0) is 13.8 Å². The monoisotopic (exact) mass is 137 g/mol. The van der Waals surface area contributed by atoms with Crippen LogP contribution in [0.3, 0.4) is 0 Å². The number of aryl methyl sites for hydroxylation is 1. The Morgan fingerprint density at radius 3 is 3.10 bits per heavy atom. The minimum absolute atomic E-state index is 0.429. The topological polar surface area (TPSA) is 35.0 Å². The summed E-state index contributed by atoms with van der Waals surface area (Å²) in [7, 11) is 0. The largest absolute Gasteiger partial charge is 0.464 e. The highest BCUT2D eigenvalue weighted by Crippen LogP contribution is 1.99. The van der Waals surface area contributed by atoms with Crippen LogP contribution in [0.1, 0.15) is 12.6 Å². The van der Waals surface area contributed by atoms with Crippen molar-refractivity contribution in [1.29, 1.82) is 0 Å². The summed E-state index contributed by atoms with van der Waals surface area (Å²) in [6.45, 7) is 4.35. The highest BCUT2D eigenvalue weighted by Gasteiger charge is 1.93. The van der Waals surface area contributed by atoms with E-state index in [4.69, 9.17) is 4.74 Å². The van der Waals surface area contributed by atoms with Crippen molar-refractivity contribution in [2.75, 3.05) is 6.61 Å². The molecule has 0 N–H and O–H groups in total. The van der Waals surface area contributed by atoms with Crippen molar-refractivity contribution in [2.24, 2.45) is 0 Å². The molecule has 0 bridgehead atoms. The van der Waals surface area contributed by atoms with Gasteiger partial charge in [-0.15, -0.1) is 0 Å². The lowest BCUT2D eigenvalue weighted by Crippen LogP contribution is -1.97. The zero-order chi connectivity index (χ0) is 7.40. The first-order valence-corrected chi connectivity index (χ1v) is 3.17. The van der Waals surface area contributed by atoms with E-state index in [0.29, 0.717) is 12.6 Å². The minimum atomic E-state index is 0.429. The van der Waals surface area contributed by atoms with Gasteiger partial charge in [0.25, 0.3) is 0 Å². The van der Waals surface area contributed by atoms with E-state index in [2.05, 4.69) is 16.0 Å². The normalized spacial score (nSPS) is 9.40. The Bertz CT molecular complexity index is 213. The van der Waals surface area contributed by atoms with Crippen LogP contribution in [0.5, 0.6) is 6.01 Å². The average Bonchev–Trinajstić information content (AvgIpc) is 1.88. The Morgan fingerprint density at radius 2 is 2.50 bits per heavy atom. The molecule has 3 heteroatoms. The molecule has 10 heavy (non-hydrogen) atoms. The third-order valence-electron chi connectivity index (χ3n) is 0.985. The highest BCUT2D eigenvalue weighted by atomic mass is 16.5. The second-order valence-electron chi connectivity index (χ2n) is 1.82. The van der Waals surface area contributed by atoms with Gasteiger partial charge in [0.2, 0.25) is 0 Å². The van der Waals surface area contributed by atoms with Crippen molar-refractivity contribution in [1.82, 2.24) is 9.97 Å². The van der Waals surface area contributed by atoms with Crippen LogP contribution in [0, 0.1) is 13.0 Å². The van der Waals surface area contributed by atoms with Crippen LogP contribution in [-0.4, -0.2) is 16.6 Å². The molecule has 0 unspecified atom stereocenters. The highest BCUT2D eigenvalue weighted by molar-refractivity contribution is 5.01. The lowest BCUT2D eigenvalue weighted by molar-refractivity contribution is 0.311. The Balaban J connectivity index is 2.75. The summed E-state index contributed by atoms with van der Waals surface area (Å²) in [4.78, 5) is 7.81. The van der Waals surface area contributed by atoms with Gasteiger partial charge in [-0.1, -0.05) is 0 Å². The molecular formula is C7H9N2O. The Hall–Kier alpha value is -1.12. The molecule has 0 aromatic carbocycles. The maximum Gasteiger partial charge on any atom is 0.316 e. The second kappa shape index (κ2) is 3.15. The third kappa shape index (κ3) is 1.69. The molecule has 0 aliphatic heterocycles. The molecular weight excluding hydrogens is 128 g/mol. The molecule has 53 valence electrons. The summed E-state index contributed by atoms with van der Waals surface area (Å²) in [5, 5.41) is 0. The van der Waals surface area contributed by atoms with Crippen LogP contribution in [0.4, 0.5) is 0 Å². The first kappa shape index (κ1) is 6.99. The van der Waals surface area contributed by atoms with Crippen LogP contribution in [0.2, 0.25) is 0 Å². The smallest absolute Gasteiger partial charge is 0.316 e. The Kier molecular flexibility index (Phi) is 2.20. The first-order chi connectivity index (χ1) is 4.83. The molecule has 0 amide bonds. The lowest BCUT2D eigenvalue weighted by atomic mass is 10.5. The summed E-state index contributed by atoms with van der Waals surface area (Å²) in [6.07, 6.45) is 1.56. The third-order valence-corrected chi connectivity index (χ3v) is 0.985. The molecule has 0 spiro atoms. The SMILES string of the molecule is CCOc1nc[c]c(C)n1. The molecule has 0 fully saturated rings. The van der Waals surface area contributed by atoms with E-state index >= 15 is 0 Å². The van der Waals surface area contributed by atoms with Gasteiger partial charge in [0.05, 0.1) is 12.3 Å². The molecule has 1 rings (SSSR count). The molecule has 0 atom stereocenters. The molecule has 3 nitrogen and oxygen atoms in total. The molecule has 0 aliphatic rings. The van der Waals surface area contributed by atoms with Crippen LogP contribution in [-0.2, 0) is 0 Å². The van der Waals surface area contributed by atoms with E-state index in [-0.39, 0.29) is 0 Å². The molecule has 1 aromatic rings. The van der Waals surface area contributed by atoms with Gasteiger partial charge < -0.3 is 4.74 Å². The van der Waals surface area contributed by atoms with E-state index in [9.17, 15) is 0 Å². The number of aromatic nitrogens is 2. The van der Waals surface area contributed by atoms with Gasteiger partial charge in [0.15, 0.2) is 0 Å². The van der Waals surface area contributed by atoms with E-state index in [1.807, 2.05) is 13.8 Å². The van der Waals surface area contributed by atoms with Gasteiger partial charge >= 0.3 is 6.01 Å². The van der Waals surface area contributed by atoms with Gasteiger partial charge in [-0.25, -0.2) is 4.98 Å². The Labute approximate surface area is 60.1 Å². The van der Waals surface area contributed by atoms with Crippen molar-refractivity contribution in [3.63, 3.8) is 0 Å². The van der Waals surface area contributed by atoms with E-state index in [1.165, 1.54) is 0 Å². The summed E-state index contributed by atoms with van der Waals surface area (Å²) in [5.74, 6) is 0. The zero-order valence-electron chi connectivity index (χ0n) is 6.09. The van der Waals surface area contributed by atoms with Gasteiger partial charge in [-0.2, -0.15) is 4.98 Å². The first-order valence-electron chi connectivity index (χ1n) is 3.17. The van der Waals surface area contributed by atoms with Crippen molar-refractivity contribution < 1.29 is 4.74 Å². The number of hydrogen-bond acceptors (Lipinski definition) is 3. The van der Waals surface area contributed by atoms with Crippen molar-refractivity contribution in [2.45, 2.75) is 13.8 Å². The number of rotatable bonds is 2. The van der Waals surface area contributed by atoms with E-state index in [0.717, 1.165) is 5.69 Å². The van der Waals surface area contributed by atoms with Crippen LogP contribution in [0.25, 0.3) is 0 Å². The molecule has 0 aliphatic carbocycles. The van der Waals surface area contributed by atoms with E-state index in [1.54, 1.807) is 6.20 Å². The summed E-state index contributed by atoms with van der Waals surface area (Å²) in [5.41, 5.74) is 0.804. The number of hydrogen-bond donors (Lipinski definition) is 0. The van der Waals surface area contributed by atoms with Crippen molar-refractivity contribution in [3.05, 3.63) is 18.0 Å². The molecule has 1 aromatic heterocycles. The average molecular weight is 137 g/mol. The summed E-state index contributed by atoms with van der Waals surface area (Å²) >= 11 is 0. The Morgan fingerprint density at radius 1 is 1.70 bits per heavy atom. The predicted molar refractivity (Wildman–Crippen MR) is 36.8 cm³/mol. The minimum Gasteiger partial charge on any atom is -0.464 e. The summed E-state index contributed by atoms with van der Waals surface area (Å²) < 4.78 is 5.04. The molecule has 0 saturated carbocycles. The molecule has 1 heterocycles. The fraction of sp³-hybridized carbons (Fsp3) is 0.429. The zero-order valence-corrected chi connectivity index (χ0v) is 6.09. The van der Waals surface area contributed by atoms with Crippen LogP contribution < -0.4 is 4.74 Å². The second-order valence-corrected chi connectivity index (χ2v) is 1.82. The van der Waals surface area contributed by atoms with Crippen molar-refractivity contribution >= 4 is 0 Å². The van der Waals surface area contributed by atoms with Crippen molar-refractivity contribution in [3.8, 4) is 6.01 Å². The van der Waals surface area contributed by atoms with Gasteiger partial charge in [-0.3, -0.25) is 0 Å². The number of nitrogens with zero attached hydrogens (tertiary/aromatic N) is 2. The fourth-order valence-corrected chi connectivity index (χ4v) is 0.584. The maximum absolute atomic E-state index is 5.04. The number of ether oxygens (including phenoxy) is 1. The lowest BCUT2D eigenvalue weighted by Gasteiger charge is -1.98. The molecule has 1 radical (unpaired) electrons. The van der Waals surface area contributed by atoms with Gasteiger partial charge in [0, 0.05) is 12.3 Å². The fourth-order valence-electron chi connectivity index (χ4n) is 0.584. The van der Waals surface area contributed by atoms with Crippen LogP contribution >= 0.6 is 0 Å². The standard InChI is InChI=1S/C7H9N2O/c1-3-10-7-8-5-4-6(2)9-7/h5H,3H2,1-2H3. The van der Waals surface area contributed by atoms with E-state index < -0.39 is 0 Å². The quantitative estimate of drug-likeness (QED) is 0.609. The van der Waals surface area contributed by atoms with Crippen LogP contribution in [0.15, 0.2) is 6.20 Å².